The van der Waals surface area contributed by atoms with E-state index in [1.54, 1.807) is 13.0 Å². The average Bonchev–Trinajstić information content (AvgIpc) is 2.34. The molecule has 1 rings (SSSR count). The summed E-state index contributed by atoms with van der Waals surface area (Å²) in [6.45, 7) is 10.6. The molecule has 0 aromatic carbocycles. The van der Waals surface area contributed by atoms with Crippen LogP contribution in [-0.4, -0.2) is 28.6 Å². The summed E-state index contributed by atoms with van der Waals surface area (Å²) in [4.78, 5) is 22.1. The molecule has 0 radical (unpaired) electrons. The zero-order valence-electron chi connectivity index (χ0n) is 15.5. The van der Waals surface area contributed by atoms with Crippen molar-refractivity contribution in [2.75, 3.05) is 0 Å². The lowest BCUT2D eigenvalue weighted by Gasteiger charge is -2.44. The molecular formula is C20H28O4. The summed E-state index contributed by atoms with van der Waals surface area (Å²) in [6.07, 6.45) is 7.53. The fourth-order valence-corrected chi connectivity index (χ4v) is 3.26. The summed E-state index contributed by atoms with van der Waals surface area (Å²) in [7, 11) is 0. The SMILES string of the molecule is CC(=O)C=CC=C(C)C=C=C1C(C)(C)CC(OC(C)=O)CC1(C)O. The molecule has 4 heteroatoms. The minimum absolute atomic E-state index is 0.00533. The molecule has 1 aliphatic rings. The number of hydrogen-bond donors (Lipinski definition) is 1. The van der Waals surface area contributed by atoms with Gasteiger partial charge in [0.25, 0.3) is 0 Å². The number of rotatable bonds is 4. The molecule has 0 heterocycles. The molecule has 24 heavy (non-hydrogen) atoms. The Labute approximate surface area is 144 Å². The Morgan fingerprint density at radius 1 is 1.21 bits per heavy atom. The molecule has 0 saturated heterocycles. The van der Waals surface area contributed by atoms with Gasteiger partial charge in [0.15, 0.2) is 5.78 Å². The van der Waals surface area contributed by atoms with Crippen molar-refractivity contribution in [3.05, 3.63) is 41.2 Å². The molecule has 0 amide bonds. The molecule has 1 fully saturated rings. The maximum Gasteiger partial charge on any atom is 0.302 e. The Morgan fingerprint density at radius 3 is 2.33 bits per heavy atom. The van der Waals surface area contributed by atoms with Crippen LogP contribution in [0.2, 0.25) is 0 Å². The zero-order chi connectivity index (χ0) is 18.5. The molecule has 2 unspecified atom stereocenters. The van der Waals surface area contributed by atoms with E-state index in [-0.39, 0.29) is 23.3 Å². The smallest absolute Gasteiger partial charge is 0.302 e. The lowest BCUT2D eigenvalue weighted by atomic mass is 9.65. The summed E-state index contributed by atoms with van der Waals surface area (Å²) in [6, 6.07) is 0. The van der Waals surface area contributed by atoms with Gasteiger partial charge in [-0.3, -0.25) is 9.59 Å². The van der Waals surface area contributed by atoms with Crippen molar-refractivity contribution in [1.29, 1.82) is 0 Å². The van der Waals surface area contributed by atoms with E-state index < -0.39 is 5.60 Å². The topological polar surface area (TPSA) is 63.6 Å². The second-order valence-electron chi connectivity index (χ2n) is 7.34. The number of allylic oxidation sites excluding steroid dienone is 4. The lowest BCUT2D eigenvalue weighted by molar-refractivity contribution is -0.152. The number of ketones is 1. The molecule has 1 aliphatic carbocycles. The first-order chi connectivity index (χ1) is 10.9. The molecule has 2 atom stereocenters. The van der Waals surface area contributed by atoms with Crippen LogP contribution in [0.25, 0.3) is 0 Å². The van der Waals surface area contributed by atoms with Crippen LogP contribution in [0.5, 0.6) is 0 Å². The molecule has 0 aliphatic heterocycles. The minimum Gasteiger partial charge on any atom is -0.462 e. The van der Waals surface area contributed by atoms with Crippen molar-refractivity contribution in [2.24, 2.45) is 5.41 Å². The number of carbonyl (C=O) groups is 2. The van der Waals surface area contributed by atoms with Crippen molar-refractivity contribution in [3.63, 3.8) is 0 Å². The monoisotopic (exact) mass is 332 g/mol. The summed E-state index contributed by atoms with van der Waals surface area (Å²) >= 11 is 0. The van der Waals surface area contributed by atoms with Crippen LogP contribution < -0.4 is 0 Å². The fraction of sp³-hybridized carbons (Fsp3) is 0.550. The van der Waals surface area contributed by atoms with Crippen LogP contribution in [0.4, 0.5) is 0 Å². The molecule has 0 spiro atoms. The van der Waals surface area contributed by atoms with Crippen LogP contribution in [0, 0.1) is 5.41 Å². The number of ether oxygens (including phenoxy) is 1. The van der Waals surface area contributed by atoms with Gasteiger partial charge in [-0.2, -0.15) is 0 Å². The van der Waals surface area contributed by atoms with E-state index in [4.69, 9.17) is 4.74 Å². The Balaban J connectivity index is 3.10. The first kappa shape index (κ1) is 20.1. The van der Waals surface area contributed by atoms with E-state index in [1.165, 1.54) is 19.9 Å². The van der Waals surface area contributed by atoms with E-state index in [2.05, 4.69) is 5.73 Å². The molecule has 4 nitrogen and oxygen atoms in total. The Kier molecular flexibility index (Phi) is 6.53. The Morgan fingerprint density at radius 2 is 1.83 bits per heavy atom. The zero-order valence-corrected chi connectivity index (χ0v) is 15.5. The standard InChI is InChI=1S/C20H28O4/c1-14(8-7-9-15(2)21)10-11-18-19(4,5)12-17(24-16(3)22)13-20(18,6)23/h7-10,17,23H,12-13H2,1-6H3. The van der Waals surface area contributed by atoms with Crippen LogP contribution in [0.1, 0.15) is 54.4 Å². The van der Waals surface area contributed by atoms with Crippen molar-refractivity contribution in [1.82, 2.24) is 0 Å². The molecule has 0 aromatic rings. The van der Waals surface area contributed by atoms with Gasteiger partial charge in [-0.25, -0.2) is 0 Å². The molecule has 1 N–H and O–H groups in total. The first-order valence-electron chi connectivity index (χ1n) is 8.17. The van der Waals surface area contributed by atoms with E-state index in [0.29, 0.717) is 12.8 Å². The number of esters is 1. The number of aliphatic hydroxyl groups is 1. The molecular weight excluding hydrogens is 304 g/mol. The van der Waals surface area contributed by atoms with Crippen LogP contribution in [0.15, 0.2) is 41.2 Å². The van der Waals surface area contributed by atoms with Gasteiger partial charge in [-0.15, -0.1) is 5.73 Å². The number of hydrogen-bond acceptors (Lipinski definition) is 4. The van der Waals surface area contributed by atoms with Crippen molar-refractivity contribution < 1.29 is 19.4 Å². The average molecular weight is 332 g/mol. The van der Waals surface area contributed by atoms with Crippen LogP contribution in [0.3, 0.4) is 0 Å². The van der Waals surface area contributed by atoms with Gasteiger partial charge < -0.3 is 9.84 Å². The summed E-state index contributed by atoms with van der Waals surface area (Å²) < 4.78 is 5.31. The summed E-state index contributed by atoms with van der Waals surface area (Å²) in [5.74, 6) is -0.333. The van der Waals surface area contributed by atoms with Gasteiger partial charge in [0.05, 0.1) is 5.60 Å². The van der Waals surface area contributed by atoms with E-state index in [9.17, 15) is 14.7 Å². The second-order valence-corrected chi connectivity index (χ2v) is 7.34. The van der Waals surface area contributed by atoms with Gasteiger partial charge in [-0.05, 0) is 50.3 Å². The highest BCUT2D eigenvalue weighted by Crippen LogP contribution is 2.46. The van der Waals surface area contributed by atoms with Crippen molar-refractivity contribution >= 4 is 11.8 Å². The van der Waals surface area contributed by atoms with Gasteiger partial charge in [0.1, 0.15) is 6.10 Å². The fourth-order valence-electron chi connectivity index (χ4n) is 3.26. The van der Waals surface area contributed by atoms with Crippen LogP contribution >= 0.6 is 0 Å². The largest absolute Gasteiger partial charge is 0.462 e. The predicted molar refractivity (Wildman–Crippen MR) is 94.4 cm³/mol. The van der Waals surface area contributed by atoms with Gasteiger partial charge in [0, 0.05) is 18.9 Å². The van der Waals surface area contributed by atoms with Crippen LogP contribution in [-0.2, 0) is 14.3 Å². The Hall–Kier alpha value is -1.90. The highest BCUT2D eigenvalue weighted by molar-refractivity contribution is 5.87. The van der Waals surface area contributed by atoms with Crippen molar-refractivity contribution in [3.8, 4) is 0 Å². The first-order valence-corrected chi connectivity index (χ1v) is 8.17. The second kappa shape index (κ2) is 7.78. The third-order valence-corrected chi connectivity index (χ3v) is 4.05. The Bertz CT molecular complexity index is 606. The highest BCUT2D eigenvalue weighted by Gasteiger charge is 2.46. The van der Waals surface area contributed by atoms with E-state index in [1.807, 2.05) is 32.9 Å². The molecule has 1 saturated carbocycles. The van der Waals surface area contributed by atoms with Crippen molar-refractivity contribution in [2.45, 2.75) is 66.1 Å². The normalized spacial score (nSPS) is 26.9. The molecule has 0 bridgehead atoms. The molecule has 0 aromatic heterocycles. The minimum atomic E-state index is -1.09. The number of carbonyl (C=O) groups excluding carboxylic acids is 2. The lowest BCUT2D eigenvalue weighted by Crippen LogP contribution is -2.46. The quantitative estimate of drug-likeness (QED) is 0.369. The van der Waals surface area contributed by atoms with Gasteiger partial charge in [-0.1, -0.05) is 26.0 Å². The third kappa shape index (κ3) is 5.95. The highest BCUT2D eigenvalue weighted by atomic mass is 16.5. The molecule has 132 valence electrons. The van der Waals surface area contributed by atoms with E-state index in [0.717, 1.165) is 11.1 Å². The maximum absolute atomic E-state index is 11.2. The summed E-state index contributed by atoms with van der Waals surface area (Å²) in [5.41, 5.74) is 3.52. The summed E-state index contributed by atoms with van der Waals surface area (Å²) in [5, 5.41) is 10.8. The maximum atomic E-state index is 11.2. The van der Waals surface area contributed by atoms with E-state index >= 15 is 0 Å². The van der Waals surface area contributed by atoms with Gasteiger partial charge in [0.2, 0.25) is 0 Å². The third-order valence-electron chi connectivity index (χ3n) is 4.05. The predicted octanol–water partition coefficient (Wildman–Crippen LogP) is 3.66. The van der Waals surface area contributed by atoms with Gasteiger partial charge >= 0.3 is 5.97 Å².